The fourth-order valence-electron chi connectivity index (χ4n) is 5.48. The number of amides is 1. The van der Waals surface area contributed by atoms with Gasteiger partial charge in [0.1, 0.15) is 17.2 Å². The largest absolute Gasteiger partial charge is 0.366 e. The molecule has 0 unspecified atom stereocenters. The van der Waals surface area contributed by atoms with Crippen LogP contribution in [0.3, 0.4) is 0 Å². The number of nitrogens with zero attached hydrogens (tertiary/aromatic N) is 6. The molecule has 1 amide bonds. The molecule has 0 N–H and O–H groups in total. The van der Waals surface area contributed by atoms with Crippen molar-refractivity contribution < 1.29 is 13.6 Å². The first-order valence-electron chi connectivity index (χ1n) is 14.2. The Labute approximate surface area is 247 Å². The summed E-state index contributed by atoms with van der Waals surface area (Å²) < 4.78 is 30.6. The van der Waals surface area contributed by atoms with E-state index in [4.69, 9.17) is 4.98 Å². The van der Waals surface area contributed by atoms with Crippen LogP contribution < -0.4 is 4.90 Å². The van der Waals surface area contributed by atoms with Crippen LogP contribution in [0.15, 0.2) is 71.9 Å². The van der Waals surface area contributed by atoms with Crippen molar-refractivity contribution in [3.8, 4) is 0 Å². The zero-order valence-electron chi connectivity index (χ0n) is 23.5. The van der Waals surface area contributed by atoms with Gasteiger partial charge in [0.2, 0.25) is 11.1 Å². The van der Waals surface area contributed by atoms with E-state index in [0.29, 0.717) is 66.7 Å². The van der Waals surface area contributed by atoms with Gasteiger partial charge < -0.3 is 14.4 Å². The highest BCUT2D eigenvalue weighted by molar-refractivity contribution is 7.99. The Morgan fingerprint density at radius 3 is 2.45 bits per heavy atom. The van der Waals surface area contributed by atoms with Crippen LogP contribution in [-0.4, -0.2) is 62.5 Å². The van der Waals surface area contributed by atoms with Crippen LogP contribution in [0.5, 0.6) is 0 Å². The molecule has 0 atom stereocenters. The van der Waals surface area contributed by atoms with Crippen LogP contribution in [0.4, 0.5) is 14.5 Å². The van der Waals surface area contributed by atoms with Crippen molar-refractivity contribution in [2.24, 2.45) is 0 Å². The van der Waals surface area contributed by atoms with E-state index in [0.717, 1.165) is 35.1 Å². The van der Waals surface area contributed by atoms with E-state index in [1.807, 2.05) is 45.6 Å². The van der Waals surface area contributed by atoms with Gasteiger partial charge in [-0.15, -0.1) is 10.2 Å². The first-order valence-corrected chi connectivity index (χ1v) is 15.2. The molecular weight excluding hydrogens is 554 g/mol. The fourth-order valence-corrected chi connectivity index (χ4v) is 6.26. The van der Waals surface area contributed by atoms with Gasteiger partial charge in [0, 0.05) is 49.3 Å². The van der Waals surface area contributed by atoms with Crippen molar-refractivity contribution in [2.75, 3.05) is 36.8 Å². The standard InChI is InChI=1S/C32H32F2N6OS/c1-22-13-14-27-24(20-22)30-31(40(27)21-23-8-2-3-9-25(23)33)35-32(37-36-30)42-19-7-6-12-29(41)39-17-15-38(16-18-39)28-11-5-4-10-26(28)34/h2-5,8-11,13-14,20H,6-7,12,15-19,21H2,1H3. The highest BCUT2D eigenvalue weighted by atomic mass is 32.2. The van der Waals surface area contributed by atoms with Gasteiger partial charge in [-0.2, -0.15) is 0 Å². The molecule has 5 aromatic rings. The molecule has 42 heavy (non-hydrogen) atoms. The SMILES string of the molecule is Cc1ccc2c(c1)c1nnc(SCCCCC(=O)N3CCN(c4ccccc4F)CC3)nc1n2Cc1ccccc1F. The third-order valence-corrected chi connectivity index (χ3v) is 8.65. The van der Waals surface area contributed by atoms with Crippen LogP contribution >= 0.6 is 11.8 Å². The second-order valence-electron chi connectivity index (χ2n) is 10.6. The number of carbonyl (C=O) groups is 1. The summed E-state index contributed by atoms with van der Waals surface area (Å²) in [7, 11) is 0. The molecule has 0 spiro atoms. The number of aromatic nitrogens is 4. The van der Waals surface area contributed by atoms with Crippen molar-refractivity contribution in [3.05, 3.63) is 89.5 Å². The van der Waals surface area contributed by atoms with E-state index in [1.165, 1.54) is 23.9 Å². The molecular formula is C32H32F2N6OS. The molecule has 1 aliphatic rings. The van der Waals surface area contributed by atoms with Gasteiger partial charge >= 0.3 is 0 Å². The van der Waals surface area contributed by atoms with Crippen molar-refractivity contribution in [1.82, 2.24) is 24.6 Å². The zero-order valence-corrected chi connectivity index (χ0v) is 24.3. The predicted octanol–water partition coefficient (Wildman–Crippen LogP) is 6.23. The summed E-state index contributed by atoms with van der Waals surface area (Å²) in [6.07, 6.45) is 2.08. The smallest absolute Gasteiger partial charge is 0.222 e. The Bertz CT molecular complexity index is 1730. The predicted molar refractivity (Wildman–Crippen MR) is 163 cm³/mol. The minimum absolute atomic E-state index is 0.139. The molecule has 0 aliphatic carbocycles. The maximum Gasteiger partial charge on any atom is 0.222 e. The summed E-state index contributed by atoms with van der Waals surface area (Å²) in [5.74, 6) is 0.418. The van der Waals surface area contributed by atoms with E-state index in [2.05, 4.69) is 16.3 Å². The highest BCUT2D eigenvalue weighted by Crippen LogP contribution is 2.29. The Morgan fingerprint density at radius 2 is 1.67 bits per heavy atom. The maximum atomic E-state index is 14.5. The topological polar surface area (TPSA) is 67.2 Å². The average Bonchev–Trinajstić information content (AvgIpc) is 3.30. The van der Waals surface area contributed by atoms with Crippen LogP contribution in [0, 0.1) is 18.6 Å². The lowest BCUT2D eigenvalue weighted by atomic mass is 10.1. The lowest BCUT2D eigenvalue weighted by molar-refractivity contribution is -0.131. The Morgan fingerprint density at radius 1 is 0.905 bits per heavy atom. The molecule has 0 radical (unpaired) electrons. The fraction of sp³-hybridized carbons (Fsp3) is 0.312. The van der Waals surface area contributed by atoms with Gasteiger partial charge in [0.05, 0.1) is 17.7 Å². The minimum atomic E-state index is -0.252. The summed E-state index contributed by atoms with van der Waals surface area (Å²) in [4.78, 5) is 21.5. The number of hydrogen-bond donors (Lipinski definition) is 0. The summed E-state index contributed by atoms with van der Waals surface area (Å²) in [5, 5.41) is 10.4. The number of halogens is 2. The lowest BCUT2D eigenvalue weighted by Gasteiger charge is -2.36. The number of rotatable bonds is 9. The van der Waals surface area contributed by atoms with E-state index in [-0.39, 0.29) is 17.5 Å². The molecule has 2 aromatic heterocycles. The first kappa shape index (κ1) is 28.1. The summed E-state index contributed by atoms with van der Waals surface area (Å²) in [6.45, 7) is 4.82. The highest BCUT2D eigenvalue weighted by Gasteiger charge is 2.22. The third kappa shape index (κ3) is 5.94. The maximum absolute atomic E-state index is 14.5. The van der Waals surface area contributed by atoms with E-state index in [1.54, 1.807) is 24.3 Å². The molecule has 10 heteroatoms. The van der Waals surface area contributed by atoms with Crippen molar-refractivity contribution in [1.29, 1.82) is 0 Å². The second kappa shape index (κ2) is 12.4. The average molecular weight is 587 g/mol. The summed E-state index contributed by atoms with van der Waals surface area (Å²) in [6, 6.07) is 19.7. The van der Waals surface area contributed by atoms with Gasteiger partial charge in [-0.05, 0) is 50.1 Å². The van der Waals surface area contributed by atoms with Gasteiger partial charge in [0.25, 0.3) is 0 Å². The molecule has 7 nitrogen and oxygen atoms in total. The molecule has 1 aliphatic heterocycles. The molecule has 0 bridgehead atoms. The number of anilines is 1. The summed E-state index contributed by atoms with van der Waals surface area (Å²) >= 11 is 1.51. The quantitative estimate of drug-likeness (QED) is 0.151. The van der Waals surface area contributed by atoms with Crippen molar-refractivity contribution >= 4 is 45.4 Å². The van der Waals surface area contributed by atoms with Crippen LogP contribution in [0.25, 0.3) is 22.1 Å². The first-order chi connectivity index (χ1) is 20.5. The van der Waals surface area contributed by atoms with Gasteiger partial charge in [0.15, 0.2) is 5.65 Å². The van der Waals surface area contributed by atoms with E-state index in [9.17, 15) is 13.6 Å². The summed E-state index contributed by atoms with van der Waals surface area (Å²) in [5.41, 5.74) is 4.61. The normalized spacial score (nSPS) is 13.8. The monoisotopic (exact) mass is 586 g/mol. The number of aryl methyl sites for hydroxylation is 1. The molecule has 1 saturated heterocycles. The van der Waals surface area contributed by atoms with E-state index >= 15 is 0 Å². The van der Waals surface area contributed by atoms with Crippen LogP contribution in [0.1, 0.15) is 30.4 Å². The Balaban J connectivity index is 1.05. The van der Waals surface area contributed by atoms with Gasteiger partial charge in [-0.1, -0.05) is 53.7 Å². The number of para-hydroxylation sites is 1. The van der Waals surface area contributed by atoms with Gasteiger partial charge in [-0.3, -0.25) is 4.79 Å². The number of benzene rings is 3. The van der Waals surface area contributed by atoms with Gasteiger partial charge in [-0.25, -0.2) is 13.8 Å². The number of piperazine rings is 1. The molecule has 6 rings (SSSR count). The van der Waals surface area contributed by atoms with Crippen LogP contribution in [-0.2, 0) is 11.3 Å². The molecule has 3 heterocycles. The van der Waals surface area contributed by atoms with Crippen molar-refractivity contribution in [3.63, 3.8) is 0 Å². The van der Waals surface area contributed by atoms with E-state index < -0.39 is 0 Å². The Kier molecular flexibility index (Phi) is 8.32. The number of hydrogen-bond acceptors (Lipinski definition) is 6. The number of thioether (sulfide) groups is 1. The number of unbranched alkanes of at least 4 members (excludes halogenated alkanes) is 1. The zero-order chi connectivity index (χ0) is 29.1. The molecule has 1 fully saturated rings. The number of carbonyl (C=O) groups excluding carboxylic acids is 1. The molecule has 3 aromatic carbocycles. The second-order valence-corrected chi connectivity index (χ2v) is 11.7. The Hall–Kier alpha value is -4.05. The molecule has 216 valence electrons. The van der Waals surface area contributed by atoms with Crippen LogP contribution in [0.2, 0.25) is 0 Å². The van der Waals surface area contributed by atoms with Crippen molar-refractivity contribution in [2.45, 2.75) is 37.9 Å². The lowest BCUT2D eigenvalue weighted by Crippen LogP contribution is -2.49. The number of fused-ring (bicyclic) bond motifs is 3. The minimum Gasteiger partial charge on any atom is -0.366 e. The molecule has 0 saturated carbocycles. The third-order valence-electron chi connectivity index (χ3n) is 7.73.